The Kier molecular flexibility index (Phi) is 4.52. The van der Waals surface area contributed by atoms with E-state index in [1.807, 2.05) is 18.2 Å². The van der Waals surface area contributed by atoms with Crippen molar-refractivity contribution in [1.29, 1.82) is 0 Å². The fourth-order valence-electron chi connectivity index (χ4n) is 2.23. The van der Waals surface area contributed by atoms with Crippen LogP contribution < -0.4 is 5.32 Å². The molecule has 102 valence electrons. The first kappa shape index (κ1) is 13.5. The maximum Gasteiger partial charge on any atom is 0.309 e. The molecule has 0 saturated carbocycles. The van der Waals surface area contributed by atoms with Crippen molar-refractivity contribution in [2.45, 2.75) is 25.4 Å². The lowest BCUT2D eigenvalue weighted by Gasteiger charge is -2.18. The maximum absolute atomic E-state index is 11.9. The number of ether oxygens (including phenoxy) is 1. The number of hydrogen-bond donors (Lipinski definition) is 2. The average Bonchev–Trinajstić information content (AvgIpc) is 2.90. The van der Waals surface area contributed by atoms with Crippen molar-refractivity contribution in [2.24, 2.45) is 5.92 Å². The molecule has 0 bridgehead atoms. The summed E-state index contributed by atoms with van der Waals surface area (Å²) in [5.41, 5.74) is 0.670. The summed E-state index contributed by atoms with van der Waals surface area (Å²) in [4.78, 5) is 23.1. The Bertz CT molecular complexity index is 440. The van der Waals surface area contributed by atoms with Gasteiger partial charge in [-0.2, -0.15) is 0 Å². The van der Waals surface area contributed by atoms with E-state index in [9.17, 15) is 14.7 Å². The quantitative estimate of drug-likeness (QED) is 0.850. The number of aliphatic carboxylic acids is 1. The van der Waals surface area contributed by atoms with Gasteiger partial charge < -0.3 is 15.2 Å². The molecular weight excluding hydrogens is 246 g/mol. The van der Waals surface area contributed by atoms with Gasteiger partial charge in [-0.3, -0.25) is 9.59 Å². The molecule has 1 heterocycles. The first-order valence-electron chi connectivity index (χ1n) is 6.36. The van der Waals surface area contributed by atoms with Crippen molar-refractivity contribution >= 4 is 17.6 Å². The van der Waals surface area contributed by atoms with Gasteiger partial charge in [0, 0.05) is 18.7 Å². The Labute approximate surface area is 111 Å². The van der Waals surface area contributed by atoms with Gasteiger partial charge >= 0.3 is 5.97 Å². The van der Waals surface area contributed by atoms with Crippen LogP contribution in [0.4, 0.5) is 5.69 Å². The summed E-state index contributed by atoms with van der Waals surface area (Å²) in [6, 6.07) is 9.00. The number of anilines is 1. The molecule has 0 aromatic heterocycles. The highest BCUT2D eigenvalue weighted by atomic mass is 16.5. The third kappa shape index (κ3) is 3.79. The highest BCUT2D eigenvalue weighted by Gasteiger charge is 2.33. The second-order valence-corrected chi connectivity index (χ2v) is 4.61. The monoisotopic (exact) mass is 263 g/mol. The molecule has 5 nitrogen and oxygen atoms in total. The molecule has 5 heteroatoms. The van der Waals surface area contributed by atoms with Gasteiger partial charge in [0.1, 0.15) is 0 Å². The van der Waals surface area contributed by atoms with Crippen LogP contribution in [0.15, 0.2) is 30.3 Å². The lowest BCUT2D eigenvalue weighted by atomic mass is 9.96. The number of carboxylic acid groups (broad SMARTS) is 1. The molecule has 1 aromatic carbocycles. The first-order chi connectivity index (χ1) is 9.16. The Morgan fingerprint density at radius 2 is 2.11 bits per heavy atom. The van der Waals surface area contributed by atoms with Crippen molar-refractivity contribution in [1.82, 2.24) is 0 Å². The molecule has 19 heavy (non-hydrogen) atoms. The third-order valence-corrected chi connectivity index (χ3v) is 3.19. The van der Waals surface area contributed by atoms with Crippen LogP contribution >= 0.6 is 0 Å². The van der Waals surface area contributed by atoms with E-state index in [1.165, 1.54) is 0 Å². The highest BCUT2D eigenvalue weighted by Crippen LogP contribution is 2.23. The molecule has 0 unspecified atom stereocenters. The number of carbonyl (C=O) groups is 2. The molecule has 2 rings (SSSR count). The number of carboxylic acids is 1. The molecule has 1 fully saturated rings. The predicted molar refractivity (Wildman–Crippen MR) is 69.8 cm³/mol. The lowest BCUT2D eigenvalue weighted by molar-refractivity contribution is -0.148. The van der Waals surface area contributed by atoms with E-state index in [0.29, 0.717) is 18.7 Å². The molecule has 0 radical (unpaired) electrons. The topological polar surface area (TPSA) is 75.6 Å². The molecule has 0 aliphatic carbocycles. The van der Waals surface area contributed by atoms with Crippen LogP contribution in [0.25, 0.3) is 0 Å². The van der Waals surface area contributed by atoms with Crippen LogP contribution in [0.1, 0.15) is 19.3 Å². The van der Waals surface area contributed by atoms with Gasteiger partial charge in [-0.05, 0) is 25.0 Å². The molecule has 2 atom stereocenters. The van der Waals surface area contributed by atoms with E-state index < -0.39 is 11.9 Å². The fraction of sp³-hybridized carbons (Fsp3) is 0.429. The SMILES string of the molecule is O=C(C[C@H](C(=O)O)[C@@H]1CCCO1)Nc1ccccc1. The van der Waals surface area contributed by atoms with Crippen molar-refractivity contribution < 1.29 is 19.4 Å². The summed E-state index contributed by atoms with van der Waals surface area (Å²) in [6.07, 6.45) is 1.15. The Morgan fingerprint density at radius 3 is 2.68 bits per heavy atom. The van der Waals surface area contributed by atoms with Gasteiger partial charge in [-0.25, -0.2) is 0 Å². The first-order valence-corrected chi connectivity index (χ1v) is 6.36. The summed E-state index contributed by atoms with van der Waals surface area (Å²) in [7, 11) is 0. The minimum atomic E-state index is -0.977. The van der Waals surface area contributed by atoms with Gasteiger partial charge in [0.05, 0.1) is 12.0 Å². The van der Waals surface area contributed by atoms with Crippen molar-refractivity contribution in [3.05, 3.63) is 30.3 Å². The molecule has 1 saturated heterocycles. The average molecular weight is 263 g/mol. The Balaban J connectivity index is 1.93. The second-order valence-electron chi connectivity index (χ2n) is 4.61. The second kappa shape index (κ2) is 6.33. The van der Waals surface area contributed by atoms with E-state index >= 15 is 0 Å². The Hall–Kier alpha value is -1.88. The van der Waals surface area contributed by atoms with Crippen molar-refractivity contribution in [3.8, 4) is 0 Å². The minimum Gasteiger partial charge on any atom is -0.481 e. The minimum absolute atomic E-state index is 0.0606. The molecule has 1 aliphatic rings. The summed E-state index contributed by atoms with van der Waals surface area (Å²) in [5.74, 6) is -2.05. The molecular formula is C14H17NO4. The van der Waals surface area contributed by atoms with Crippen LogP contribution in [0.3, 0.4) is 0 Å². The van der Waals surface area contributed by atoms with Gasteiger partial charge in [0.15, 0.2) is 0 Å². The third-order valence-electron chi connectivity index (χ3n) is 3.19. The van der Waals surface area contributed by atoms with Crippen LogP contribution in [0, 0.1) is 5.92 Å². The molecule has 1 aliphatic heterocycles. The summed E-state index contributed by atoms with van der Waals surface area (Å²) < 4.78 is 5.37. The maximum atomic E-state index is 11.9. The molecule has 1 amide bonds. The molecule has 1 aromatic rings. The van der Waals surface area contributed by atoms with E-state index in [4.69, 9.17) is 4.74 Å². The van der Waals surface area contributed by atoms with Crippen molar-refractivity contribution in [3.63, 3.8) is 0 Å². The zero-order valence-corrected chi connectivity index (χ0v) is 10.5. The number of rotatable bonds is 5. The van der Waals surface area contributed by atoms with Crippen LogP contribution in [-0.2, 0) is 14.3 Å². The number of amides is 1. The number of nitrogens with one attached hydrogen (secondary N) is 1. The normalized spacial score (nSPS) is 19.9. The van der Waals surface area contributed by atoms with E-state index in [1.54, 1.807) is 12.1 Å². The predicted octanol–water partition coefficient (Wildman–Crippen LogP) is 1.90. The molecule has 0 spiro atoms. The zero-order chi connectivity index (χ0) is 13.7. The summed E-state index contributed by atoms with van der Waals surface area (Å²) in [5, 5.41) is 11.9. The van der Waals surface area contributed by atoms with Crippen LogP contribution in [-0.4, -0.2) is 29.7 Å². The van der Waals surface area contributed by atoms with Crippen LogP contribution in [0.2, 0.25) is 0 Å². The number of benzene rings is 1. The summed E-state index contributed by atoms with van der Waals surface area (Å²) in [6.45, 7) is 0.578. The fourth-order valence-corrected chi connectivity index (χ4v) is 2.23. The molecule has 2 N–H and O–H groups in total. The standard InChI is InChI=1S/C14H17NO4/c16-13(15-10-5-2-1-3-6-10)9-11(14(17)18)12-7-4-8-19-12/h1-3,5-6,11-12H,4,7-9H2,(H,15,16)(H,17,18)/t11-,12-/m0/s1. The zero-order valence-electron chi connectivity index (χ0n) is 10.5. The van der Waals surface area contributed by atoms with E-state index in [0.717, 1.165) is 6.42 Å². The summed E-state index contributed by atoms with van der Waals surface area (Å²) >= 11 is 0. The van der Waals surface area contributed by atoms with Gasteiger partial charge in [0.25, 0.3) is 0 Å². The van der Waals surface area contributed by atoms with Gasteiger partial charge in [-0.15, -0.1) is 0 Å². The number of hydrogen-bond acceptors (Lipinski definition) is 3. The van der Waals surface area contributed by atoms with E-state index in [-0.39, 0.29) is 18.4 Å². The van der Waals surface area contributed by atoms with Crippen LogP contribution in [0.5, 0.6) is 0 Å². The van der Waals surface area contributed by atoms with Gasteiger partial charge in [0.2, 0.25) is 5.91 Å². The van der Waals surface area contributed by atoms with Crippen molar-refractivity contribution in [2.75, 3.05) is 11.9 Å². The largest absolute Gasteiger partial charge is 0.481 e. The van der Waals surface area contributed by atoms with E-state index in [2.05, 4.69) is 5.32 Å². The smallest absolute Gasteiger partial charge is 0.309 e. The lowest BCUT2D eigenvalue weighted by Crippen LogP contribution is -2.31. The van der Waals surface area contributed by atoms with Gasteiger partial charge in [-0.1, -0.05) is 18.2 Å². The highest BCUT2D eigenvalue weighted by molar-refractivity contribution is 5.93. The number of carbonyl (C=O) groups excluding carboxylic acids is 1. The Morgan fingerprint density at radius 1 is 1.37 bits per heavy atom. The number of para-hydroxylation sites is 1.